The molecule has 0 radical (unpaired) electrons. The van der Waals surface area contributed by atoms with E-state index in [9.17, 15) is 4.79 Å². The molecule has 0 saturated carbocycles. The van der Waals surface area contributed by atoms with Gasteiger partial charge in [-0.2, -0.15) is 5.01 Å². The van der Waals surface area contributed by atoms with Gasteiger partial charge in [0.15, 0.2) is 0 Å². The fourth-order valence-corrected chi connectivity index (χ4v) is 4.28. The number of hydrogen-bond acceptors (Lipinski definition) is 5. The van der Waals surface area contributed by atoms with Gasteiger partial charge in [-0.3, -0.25) is 4.79 Å². The van der Waals surface area contributed by atoms with Crippen LogP contribution in [0.4, 0.5) is 0 Å². The topological polar surface area (TPSA) is 67.9 Å². The average molecular weight is 485 g/mol. The second-order valence-corrected chi connectivity index (χ2v) is 8.06. The van der Waals surface area contributed by atoms with Crippen LogP contribution in [-0.4, -0.2) is 22.0 Å². The molecule has 0 bridgehead atoms. The number of benzene rings is 2. The molecule has 3 aromatic rings. The number of nitrogens with zero attached hydrogens (tertiary/aromatic N) is 3. The summed E-state index contributed by atoms with van der Waals surface area (Å²) < 4.78 is 11.4. The summed E-state index contributed by atoms with van der Waals surface area (Å²) in [4.78, 5) is 12.3. The molecule has 0 fully saturated rings. The molecule has 154 valence electrons. The zero-order valence-electron chi connectivity index (χ0n) is 15.6. The fraction of sp³-hybridized carbons (Fsp3) is 0.150. The molecule has 4 rings (SSSR count). The number of amides is 1. The largest absolute Gasteiger partial charge is 0.445 e. The molecule has 1 aliphatic heterocycles. The lowest BCUT2D eigenvalue weighted by atomic mass is 10.1. The molecule has 30 heavy (non-hydrogen) atoms. The fourth-order valence-electron chi connectivity index (χ4n) is 3.12. The molecule has 0 aliphatic carbocycles. The lowest BCUT2D eigenvalue weighted by molar-refractivity contribution is -0.135. The van der Waals surface area contributed by atoms with Crippen LogP contribution in [0.15, 0.2) is 46.0 Å². The van der Waals surface area contributed by atoms with Crippen LogP contribution in [0.3, 0.4) is 0 Å². The minimum Gasteiger partial charge on any atom is -0.445 e. The Hall–Kier alpha value is -2.25. The molecule has 1 atom stereocenters. The SMILES string of the molecule is CC(=O)N1N=C(c2c(-c3c(Cl)cccc3Cl)noc2C)O[C@@H]1c1c(Cl)cccc1Cl. The van der Waals surface area contributed by atoms with E-state index in [1.807, 2.05) is 0 Å². The highest BCUT2D eigenvalue weighted by atomic mass is 35.5. The summed E-state index contributed by atoms with van der Waals surface area (Å²) >= 11 is 25.4. The van der Waals surface area contributed by atoms with Crippen molar-refractivity contribution < 1.29 is 14.1 Å². The number of hydrazone groups is 1. The Balaban J connectivity index is 1.84. The zero-order valence-corrected chi connectivity index (χ0v) is 18.6. The van der Waals surface area contributed by atoms with Crippen LogP contribution in [0, 0.1) is 6.92 Å². The van der Waals surface area contributed by atoms with Crippen molar-refractivity contribution in [3.8, 4) is 11.3 Å². The van der Waals surface area contributed by atoms with Crippen LogP contribution in [0.25, 0.3) is 11.3 Å². The van der Waals surface area contributed by atoms with Gasteiger partial charge in [0.1, 0.15) is 17.0 Å². The standard InChI is InChI=1S/C20H13Cl4N3O3/c1-9-15(18(26-30-9)16-11(21)5-3-6-12(16)22)19-25-27(10(2)28)20(29-19)17-13(23)7-4-8-14(17)24/h3-8,20H,1-2H3/t20-/m1/s1. The van der Waals surface area contributed by atoms with Crippen LogP contribution < -0.4 is 0 Å². The molecule has 0 saturated heterocycles. The van der Waals surface area contributed by atoms with Crippen molar-refractivity contribution in [2.75, 3.05) is 0 Å². The Morgan fingerprint density at radius 1 is 0.967 bits per heavy atom. The van der Waals surface area contributed by atoms with E-state index in [0.29, 0.717) is 48.2 Å². The lowest BCUT2D eigenvalue weighted by Crippen LogP contribution is -2.25. The van der Waals surface area contributed by atoms with Gasteiger partial charge in [-0.15, -0.1) is 5.10 Å². The van der Waals surface area contributed by atoms with E-state index in [2.05, 4.69) is 10.3 Å². The normalized spacial score (nSPS) is 15.9. The van der Waals surface area contributed by atoms with Crippen molar-refractivity contribution in [2.45, 2.75) is 20.1 Å². The third kappa shape index (κ3) is 3.54. The maximum atomic E-state index is 12.3. The maximum absolute atomic E-state index is 12.3. The van der Waals surface area contributed by atoms with Gasteiger partial charge in [-0.1, -0.05) is 63.7 Å². The van der Waals surface area contributed by atoms with Crippen LogP contribution in [0.2, 0.25) is 20.1 Å². The third-order valence-electron chi connectivity index (χ3n) is 4.49. The van der Waals surface area contributed by atoms with Crippen molar-refractivity contribution in [1.29, 1.82) is 0 Å². The number of ether oxygens (including phenoxy) is 1. The summed E-state index contributed by atoms with van der Waals surface area (Å²) in [5.74, 6) is 0.155. The Morgan fingerprint density at radius 3 is 2.10 bits per heavy atom. The number of halogens is 4. The molecule has 0 N–H and O–H groups in total. The van der Waals surface area contributed by atoms with Gasteiger partial charge in [0.25, 0.3) is 0 Å². The van der Waals surface area contributed by atoms with Gasteiger partial charge in [0.2, 0.25) is 18.0 Å². The molecule has 10 heteroatoms. The van der Waals surface area contributed by atoms with E-state index in [0.717, 1.165) is 5.01 Å². The first kappa shape index (κ1) is 21.0. The van der Waals surface area contributed by atoms with Gasteiger partial charge in [-0.25, -0.2) is 0 Å². The van der Waals surface area contributed by atoms with Crippen molar-refractivity contribution >= 4 is 58.2 Å². The van der Waals surface area contributed by atoms with Crippen LogP contribution >= 0.6 is 46.4 Å². The number of aryl methyl sites for hydroxylation is 1. The minimum absolute atomic E-state index is 0.107. The predicted octanol–water partition coefficient (Wildman–Crippen LogP) is 6.50. The third-order valence-corrected chi connectivity index (χ3v) is 5.78. The number of carbonyl (C=O) groups excluding carboxylic acids is 1. The van der Waals surface area contributed by atoms with Crippen molar-refractivity contribution in [1.82, 2.24) is 10.2 Å². The van der Waals surface area contributed by atoms with Crippen LogP contribution in [0.5, 0.6) is 0 Å². The quantitative estimate of drug-likeness (QED) is 0.425. The van der Waals surface area contributed by atoms with Gasteiger partial charge in [0, 0.05) is 12.5 Å². The molecule has 6 nitrogen and oxygen atoms in total. The molecule has 1 amide bonds. The first-order valence-corrected chi connectivity index (χ1v) is 10.2. The van der Waals surface area contributed by atoms with E-state index in [4.69, 9.17) is 55.7 Å². The first-order chi connectivity index (χ1) is 14.3. The van der Waals surface area contributed by atoms with Crippen LogP contribution in [-0.2, 0) is 9.53 Å². The van der Waals surface area contributed by atoms with Gasteiger partial charge in [-0.05, 0) is 31.2 Å². The number of rotatable bonds is 3. The van der Waals surface area contributed by atoms with Crippen molar-refractivity contribution in [3.05, 3.63) is 73.4 Å². The molecule has 1 aromatic heterocycles. The lowest BCUT2D eigenvalue weighted by Gasteiger charge is -2.21. The monoisotopic (exact) mass is 483 g/mol. The summed E-state index contributed by atoms with van der Waals surface area (Å²) in [6, 6.07) is 10.1. The minimum atomic E-state index is -0.956. The van der Waals surface area contributed by atoms with Crippen LogP contribution in [0.1, 0.15) is 30.0 Å². The van der Waals surface area contributed by atoms with Gasteiger partial charge >= 0.3 is 0 Å². The first-order valence-electron chi connectivity index (χ1n) is 8.69. The summed E-state index contributed by atoms with van der Waals surface area (Å²) in [6.45, 7) is 3.05. The van der Waals surface area contributed by atoms with Crippen molar-refractivity contribution in [3.63, 3.8) is 0 Å². The van der Waals surface area contributed by atoms with E-state index in [1.165, 1.54) is 6.92 Å². The average Bonchev–Trinajstić information content (AvgIpc) is 3.25. The Bertz CT molecular complexity index is 1150. The highest BCUT2D eigenvalue weighted by Crippen LogP contribution is 2.42. The van der Waals surface area contributed by atoms with Crippen molar-refractivity contribution in [2.24, 2.45) is 5.10 Å². The molecular weight excluding hydrogens is 472 g/mol. The number of carbonyl (C=O) groups is 1. The summed E-state index contributed by atoms with van der Waals surface area (Å²) in [7, 11) is 0. The van der Waals surface area contributed by atoms with E-state index in [1.54, 1.807) is 43.3 Å². The summed E-state index contributed by atoms with van der Waals surface area (Å²) in [6.07, 6.45) is -0.956. The second-order valence-electron chi connectivity index (χ2n) is 6.43. The smallest absolute Gasteiger partial charge is 0.247 e. The summed E-state index contributed by atoms with van der Waals surface area (Å²) in [5.41, 5.74) is 1.65. The van der Waals surface area contributed by atoms with Gasteiger partial charge < -0.3 is 9.26 Å². The molecule has 2 heterocycles. The Morgan fingerprint density at radius 2 is 1.53 bits per heavy atom. The molecular formula is C20H13Cl4N3O3. The molecule has 1 aliphatic rings. The van der Waals surface area contributed by atoms with E-state index >= 15 is 0 Å². The second kappa shape index (κ2) is 8.12. The highest BCUT2D eigenvalue weighted by molar-refractivity contribution is 6.39. The summed E-state index contributed by atoms with van der Waals surface area (Å²) in [5, 5.41) is 11.0. The van der Waals surface area contributed by atoms with E-state index < -0.39 is 6.23 Å². The highest BCUT2D eigenvalue weighted by Gasteiger charge is 2.38. The number of hydrogen-bond donors (Lipinski definition) is 0. The Labute approximate surface area is 191 Å². The molecule has 0 spiro atoms. The molecule has 2 aromatic carbocycles. The van der Waals surface area contributed by atoms with E-state index in [-0.39, 0.29) is 11.8 Å². The number of aromatic nitrogens is 1. The Kier molecular flexibility index (Phi) is 5.68. The maximum Gasteiger partial charge on any atom is 0.247 e. The van der Waals surface area contributed by atoms with Gasteiger partial charge in [0.05, 0.1) is 25.7 Å². The molecule has 0 unspecified atom stereocenters. The zero-order chi connectivity index (χ0) is 21.6. The predicted molar refractivity (Wildman–Crippen MR) is 116 cm³/mol.